The monoisotopic (exact) mass is 469 g/mol. The molecule has 0 spiro atoms. The van der Waals surface area contributed by atoms with Crippen LogP contribution < -0.4 is 0 Å². The molecule has 0 unspecified atom stereocenters. The summed E-state index contributed by atoms with van der Waals surface area (Å²) in [5, 5.41) is 6.28. The first kappa shape index (κ1) is 22.4. The zero-order valence-corrected chi connectivity index (χ0v) is 18.2. The summed E-state index contributed by atoms with van der Waals surface area (Å²) in [6.45, 7) is 2.41. The van der Waals surface area contributed by atoms with Gasteiger partial charge in [0.2, 0.25) is 17.7 Å². The first-order valence-corrected chi connectivity index (χ1v) is 11.2. The molecule has 2 saturated heterocycles. The normalized spacial score (nSPS) is 18.1. The van der Waals surface area contributed by atoms with Crippen molar-refractivity contribution in [3.63, 3.8) is 0 Å². The standard InChI is InChI=1S/C20H22F3N5O3S/c1-12-8-15(20(21,22)23)25-28(12)10-18(31)26-6-4-13(5-7-26)19-24-14(11-32-19)9-27-16(29)2-3-17(27)30/h8,11,13H,2-7,9-10H2,1H3. The molecule has 2 aliphatic heterocycles. The van der Waals surface area contributed by atoms with Gasteiger partial charge in [-0.15, -0.1) is 11.3 Å². The molecule has 3 amide bonds. The van der Waals surface area contributed by atoms with E-state index in [1.165, 1.54) is 23.2 Å². The fraction of sp³-hybridized carbons (Fsp3) is 0.550. The number of alkyl halides is 3. The highest BCUT2D eigenvalue weighted by Gasteiger charge is 2.35. The maximum Gasteiger partial charge on any atom is 0.435 e. The second-order valence-electron chi connectivity index (χ2n) is 8.03. The number of thiazole rings is 1. The molecule has 4 heterocycles. The third-order valence-corrected chi connectivity index (χ3v) is 6.85. The molecular formula is C20H22F3N5O3S. The summed E-state index contributed by atoms with van der Waals surface area (Å²) in [6, 6.07) is 0.933. The van der Waals surface area contributed by atoms with Crippen LogP contribution in [0.1, 0.15) is 53.7 Å². The number of hydrogen-bond donors (Lipinski definition) is 0. The first-order chi connectivity index (χ1) is 15.1. The molecule has 32 heavy (non-hydrogen) atoms. The molecule has 12 heteroatoms. The van der Waals surface area contributed by atoms with Gasteiger partial charge in [-0.1, -0.05) is 0 Å². The van der Waals surface area contributed by atoms with Crippen LogP contribution in [0, 0.1) is 6.92 Å². The van der Waals surface area contributed by atoms with Gasteiger partial charge in [0.1, 0.15) is 6.54 Å². The molecule has 0 bridgehead atoms. The third kappa shape index (κ3) is 4.69. The van der Waals surface area contributed by atoms with Crippen LogP contribution in [0.4, 0.5) is 13.2 Å². The van der Waals surface area contributed by atoms with Crippen LogP contribution in [0.3, 0.4) is 0 Å². The average Bonchev–Trinajstić information content (AvgIpc) is 3.44. The lowest BCUT2D eigenvalue weighted by molar-refractivity contribution is -0.142. The van der Waals surface area contributed by atoms with Gasteiger partial charge < -0.3 is 4.90 Å². The van der Waals surface area contributed by atoms with E-state index in [4.69, 9.17) is 0 Å². The van der Waals surface area contributed by atoms with Gasteiger partial charge in [0.25, 0.3) is 0 Å². The maximum absolute atomic E-state index is 12.8. The SMILES string of the molecule is Cc1cc(C(F)(F)F)nn1CC(=O)N1CCC(c2nc(CN3C(=O)CCC3=O)cs2)CC1. The minimum Gasteiger partial charge on any atom is -0.341 e. The minimum atomic E-state index is -4.54. The molecule has 0 atom stereocenters. The number of aryl methyl sites for hydroxylation is 1. The van der Waals surface area contributed by atoms with Crippen molar-refractivity contribution in [1.29, 1.82) is 0 Å². The van der Waals surface area contributed by atoms with Gasteiger partial charge in [-0.2, -0.15) is 18.3 Å². The summed E-state index contributed by atoms with van der Waals surface area (Å²) < 4.78 is 39.5. The van der Waals surface area contributed by atoms with E-state index in [1.54, 1.807) is 4.90 Å². The molecule has 8 nitrogen and oxygen atoms in total. The van der Waals surface area contributed by atoms with Crippen LogP contribution in [-0.4, -0.2) is 55.4 Å². The van der Waals surface area contributed by atoms with Crippen LogP contribution in [0.2, 0.25) is 0 Å². The number of likely N-dealkylation sites (tertiary alicyclic amines) is 2. The molecule has 0 aliphatic carbocycles. The number of imide groups is 1. The highest BCUT2D eigenvalue weighted by atomic mass is 32.1. The van der Waals surface area contributed by atoms with Gasteiger partial charge in [-0.3, -0.25) is 24.0 Å². The van der Waals surface area contributed by atoms with Crippen molar-refractivity contribution in [3.8, 4) is 0 Å². The number of aromatic nitrogens is 3. The van der Waals surface area contributed by atoms with Crippen molar-refractivity contribution in [2.45, 2.75) is 57.8 Å². The number of nitrogens with zero attached hydrogens (tertiary/aromatic N) is 5. The largest absolute Gasteiger partial charge is 0.435 e. The number of rotatable bonds is 5. The lowest BCUT2D eigenvalue weighted by Gasteiger charge is -2.31. The number of piperidine rings is 1. The molecule has 2 aromatic heterocycles. The van der Waals surface area contributed by atoms with Gasteiger partial charge in [0.05, 0.1) is 17.2 Å². The number of carbonyl (C=O) groups excluding carboxylic acids is 3. The molecule has 172 valence electrons. The van der Waals surface area contributed by atoms with Crippen molar-refractivity contribution in [3.05, 3.63) is 33.5 Å². The fourth-order valence-corrected chi connectivity index (χ4v) is 4.94. The molecular weight excluding hydrogens is 447 g/mol. The van der Waals surface area contributed by atoms with E-state index >= 15 is 0 Å². The Labute approximate surface area is 186 Å². The van der Waals surface area contributed by atoms with E-state index in [2.05, 4.69) is 10.1 Å². The predicted molar refractivity (Wildman–Crippen MR) is 107 cm³/mol. The summed E-state index contributed by atoms with van der Waals surface area (Å²) in [6.07, 6.45) is -2.67. The van der Waals surface area contributed by atoms with Crippen molar-refractivity contribution >= 4 is 29.1 Å². The number of carbonyl (C=O) groups is 3. The Kier molecular flexibility index (Phi) is 6.06. The van der Waals surface area contributed by atoms with Crippen LogP contribution in [0.5, 0.6) is 0 Å². The Morgan fingerprint density at radius 1 is 1.19 bits per heavy atom. The second kappa shape index (κ2) is 8.64. The average molecular weight is 469 g/mol. The highest BCUT2D eigenvalue weighted by molar-refractivity contribution is 7.09. The second-order valence-corrected chi connectivity index (χ2v) is 8.92. The van der Waals surface area contributed by atoms with Gasteiger partial charge in [-0.25, -0.2) is 4.98 Å². The first-order valence-electron chi connectivity index (χ1n) is 10.3. The van der Waals surface area contributed by atoms with Crippen LogP contribution in [-0.2, 0) is 33.6 Å². The number of halogens is 3. The van der Waals surface area contributed by atoms with Gasteiger partial charge in [0, 0.05) is 42.9 Å². The van der Waals surface area contributed by atoms with Crippen LogP contribution in [0.15, 0.2) is 11.4 Å². The zero-order valence-electron chi connectivity index (χ0n) is 17.4. The molecule has 0 saturated carbocycles. The molecule has 0 N–H and O–H groups in total. The molecule has 2 aromatic rings. The van der Waals surface area contributed by atoms with E-state index in [-0.39, 0.29) is 55.3 Å². The quantitative estimate of drug-likeness (QED) is 0.629. The summed E-state index contributed by atoms with van der Waals surface area (Å²) in [5.41, 5.74) is -0.0361. The Bertz CT molecular complexity index is 1020. The topological polar surface area (TPSA) is 88.4 Å². The predicted octanol–water partition coefficient (Wildman–Crippen LogP) is 2.72. The van der Waals surface area contributed by atoms with Crippen molar-refractivity contribution in [1.82, 2.24) is 24.6 Å². The van der Waals surface area contributed by atoms with Crippen molar-refractivity contribution in [2.75, 3.05) is 13.1 Å². The molecule has 2 fully saturated rings. The third-order valence-electron chi connectivity index (χ3n) is 5.80. The number of amides is 3. The Hall–Kier alpha value is -2.76. The minimum absolute atomic E-state index is 0.158. The van der Waals surface area contributed by atoms with E-state index < -0.39 is 11.9 Å². The van der Waals surface area contributed by atoms with Crippen molar-refractivity contribution < 1.29 is 27.6 Å². The van der Waals surface area contributed by atoms with Gasteiger partial charge >= 0.3 is 6.18 Å². The van der Waals surface area contributed by atoms with Gasteiger partial charge in [-0.05, 0) is 25.8 Å². The highest BCUT2D eigenvalue weighted by Crippen LogP contribution is 2.31. The summed E-state index contributed by atoms with van der Waals surface area (Å²) in [5.74, 6) is -0.461. The molecule has 4 rings (SSSR count). The van der Waals surface area contributed by atoms with E-state index in [1.807, 2.05) is 5.38 Å². The Morgan fingerprint density at radius 2 is 1.84 bits per heavy atom. The fourth-order valence-electron chi connectivity index (χ4n) is 3.96. The Balaban J connectivity index is 1.31. The van der Waals surface area contributed by atoms with E-state index in [0.29, 0.717) is 31.6 Å². The summed E-state index contributed by atoms with van der Waals surface area (Å²) in [7, 11) is 0. The zero-order chi connectivity index (χ0) is 23.0. The number of hydrogen-bond acceptors (Lipinski definition) is 6. The Morgan fingerprint density at radius 3 is 2.44 bits per heavy atom. The van der Waals surface area contributed by atoms with E-state index in [0.717, 1.165) is 15.8 Å². The molecule has 0 aromatic carbocycles. The lowest BCUT2D eigenvalue weighted by atomic mass is 9.97. The van der Waals surface area contributed by atoms with Gasteiger partial charge in [0.15, 0.2) is 5.69 Å². The smallest absolute Gasteiger partial charge is 0.341 e. The summed E-state index contributed by atoms with van der Waals surface area (Å²) in [4.78, 5) is 43.6. The summed E-state index contributed by atoms with van der Waals surface area (Å²) >= 11 is 1.48. The van der Waals surface area contributed by atoms with Crippen LogP contribution in [0.25, 0.3) is 0 Å². The maximum atomic E-state index is 12.8. The lowest BCUT2D eigenvalue weighted by Crippen LogP contribution is -2.40. The molecule has 2 aliphatic rings. The van der Waals surface area contributed by atoms with Crippen molar-refractivity contribution in [2.24, 2.45) is 0 Å². The molecule has 0 radical (unpaired) electrons. The van der Waals surface area contributed by atoms with E-state index in [9.17, 15) is 27.6 Å². The van der Waals surface area contributed by atoms with Crippen LogP contribution >= 0.6 is 11.3 Å².